The van der Waals surface area contributed by atoms with Crippen LogP contribution in [0.3, 0.4) is 0 Å². The molecule has 3 atom stereocenters. The van der Waals surface area contributed by atoms with E-state index in [2.05, 4.69) is 50.4 Å². The molecule has 10 heteroatoms. The molecule has 9 nitrogen and oxygen atoms in total. The molecule has 0 aliphatic heterocycles. The maximum Gasteiger partial charge on any atom is 0.472 e. The molecule has 0 saturated heterocycles. The number of ether oxygens (including phenoxy) is 1. The molecule has 0 aliphatic rings. The highest BCUT2D eigenvalue weighted by Gasteiger charge is 2.30. The molecule has 70 heavy (non-hydrogen) atoms. The van der Waals surface area contributed by atoms with Crippen LogP contribution in [0.2, 0.25) is 0 Å². The minimum atomic E-state index is -4.44. The van der Waals surface area contributed by atoms with Crippen LogP contribution in [0.1, 0.15) is 284 Å². The third-order valence-electron chi connectivity index (χ3n) is 13.4. The second-order valence-corrected chi connectivity index (χ2v) is 23.0. The number of hydrogen-bond acceptors (Lipinski definition) is 6. The predicted molar refractivity (Wildman–Crippen MR) is 300 cm³/mol. The number of carbonyl (C=O) groups excluding carboxylic acids is 2. The molecule has 0 heterocycles. The van der Waals surface area contributed by atoms with E-state index in [-0.39, 0.29) is 31.5 Å². The molecule has 0 aromatic rings. The van der Waals surface area contributed by atoms with Crippen molar-refractivity contribution in [3.63, 3.8) is 0 Å². The quantitative estimate of drug-likeness (QED) is 0.0156. The van der Waals surface area contributed by atoms with Crippen LogP contribution in [0, 0.1) is 0 Å². The molecular weight excluding hydrogens is 892 g/mol. The Kier molecular flexibility index (Phi) is 49.5. The summed E-state index contributed by atoms with van der Waals surface area (Å²) in [7, 11) is 1.50. The van der Waals surface area contributed by atoms with E-state index in [1.165, 1.54) is 173 Å². The first-order valence-electron chi connectivity index (χ1n) is 29.8. The highest BCUT2D eigenvalue weighted by molar-refractivity contribution is 7.47. The standard InChI is InChI=1S/C60H115N2O7P/c1-7-10-13-16-19-22-25-28-30-31-33-34-37-40-43-46-49-52-59(63)61-57(56-68-70(65,66)67-55-54-62(4,5)6)58(51-48-45-42-39-36-27-24-21-18-15-12-9-3)69-60(64)53-50-47-44-41-38-35-32-29-26-23-20-17-14-11-8-2/h20,23,26,29,48,51,57-58H,7-19,21-22,24-25,27-28,30-47,49-50,52-56H2,1-6H3,(H-,61,63,65,66)/p+1/b23-20+,29-26+,51-48+. The monoisotopic (exact) mass is 1010 g/mol. The van der Waals surface area contributed by atoms with Gasteiger partial charge < -0.3 is 19.4 Å². The lowest BCUT2D eigenvalue weighted by Crippen LogP contribution is -2.47. The fourth-order valence-electron chi connectivity index (χ4n) is 8.70. The molecule has 0 bridgehead atoms. The summed E-state index contributed by atoms with van der Waals surface area (Å²) in [5.74, 6) is -0.507. The van der Waals surface area contributed by atoms with E-state index in [0.717, 1.165) is 77.0 Å². The molecule has 0 radical (unpaired) electrons. The van der Waals surface area contributed by atoms with Crippen molar-refractivity contribution in [1.29, 1.82) is 0 Å². The molecule has 2 N–H and O–H groups in total. The summed E-state index contributed by atoms with van der Waals surface area (Å²) in [5.41, 5.74) is 0. The Morgan fingerprint density at radius 2 is 0.857 bits per heavy atom. The molecule has 0 fully saturated rings. The van der Waals surface area contributed by atoms with Crippen LogP contribution in [-0.2, 0) is 27.9 Å². The van der Waals surface area contributed by atoms with Crippen LogP contribution < -0.4 is 5.32 Å². The number of quaternary nitrogens is 1. The van der Waals surface area contributed by atoms with Crippen LogP contribution in [0.15, 0.2) is 36.5 Å². The third-order valence-corrected chi connectivity index (χ3v) is 14.3. The summed E-state index contributed by atoms with van der Waals surface area (Å²) in [5, 5.41) is 3.05. The van der Waals surface area contributed by atoms with Gasteiger partial charge in [-0.2, -0.15) is 0 Å². The lowest BCUT2D eigenvalue weighted by Gasteiger charge is -2.27. The highest BCUT2D eigenvalue weighted by Crippen LogP contribution is 2.43. The minimum absolute atomic E-state index is 0.0404. The number of rotatable bonds is 54. The lowest BCUT2D eigenvalue weighted by atomic mass is 10.0. The van der Waals surface area contributed by atoms with Gasteiger partial charge in [0, 0.05) is 12.8 Å². The molecular formula is C60H116N2O7P+. The molecule has 1 amide bonds. The van der Waals surface area contributed by atoms with Gasteiger partial charge in [0.25, 0.3) is 0 Å². The van der Waals surface area contributed by atoms with Crippen LogP contribution >= 0.6 is 7.82 Å². The number of allylic oxidation sites excluding steroid dienone is 5. The van der Waals surface area contributed by atoms with E-state index in [0.29, 0.717) is 17.4 Å². The van der Waals surface area contributed by atoms with Crippen molar-refractivity contribution < 1.29 is 37.3 Å². The highest BCUT2D eigenvalue weighted by atomic mass is 31.2. The number of phosphoric acid groups is 1. The van der Waals surface area contributed by atoms with Gasteiger partial charge in [-0.05, 0) is 57.4 Å². The summed E-state index contributed by atoms with van der Waals surface area (Å²) >= 11 is 0. The van der Waals surface area contributed by atoms with E-state index < -0.39 is 20.0 Å². The van der Waals surface area contributed by atoms with Gasteiger partial charge >= 0.3 is 13.8 Å². The van der Waals surface area contributed by atoms with E-state index in [1.54, 1.807) is 0 Å². The normalized spacial score (nSPS) is 14.0. The number of unbranched alkanes of at least 4 members (excludes halogenated alkanes) is 35. The number of hydrogen-bond donors (Lipinski definition) is 2. The van der Waals surface area contributed by atoms with Gasteiger partial charge in [0.1, 0.15) is 19.3 Å². The maximum atomic E-state index is 13.5. The van der Waals surface area contributed by atoms with Crippen molar-refractivity contribution in [3.05, 3.63) is 36.5 Å². The third kappa shape index (κ3) is 51.1. The van der Waals surface area contributed by atoms with E-state index in [9.17, 15) is 19.0 Å². The number of phosphoric ester groups is 1. The molecule has 0 aromatic heterocycles. The minimum Gasteiger partial charge on any atom is -0.456 e. The first kappa shape index (κ1) is 68.2. The van der Waals surface area contributed by atoms with Gasteiger partial charge in [-0.25, -0.2) is 4.57 Å². The van der Waals surface area contributed by atoms with E-state index >= 15 is 0 Å². The van der Waals surface area contributed by atoms with Gasteiger partial charge in [-0.15, -0.1) is 0 Å². The Morgan fingerprint density at radius 1 is 0.500 bits per heavy atom. The molecule has 412 valence electrons. The maximum absolute atomic E-state index is 13.5. The van der Waals surface area contributed by atoms with Crippen LogP contribution in [0.5, 0.6) is 0 Å². The Bertz CT molecular complexity index is 1300. The van der Waals surface area contributed by atoms with Gasteiger partial charge in [-0.3, -0.25) is 18.6 Å². The molecule has 3 unspecified atom stereocenters. The zero-order chi connectivity index (χ0) is 51.5. The first-order chi connectivity index (χ1) is 33.9. The number of amides is 1. The molecule has 0 aliphatic carbocycles. The number of nitrogens with one attached hydrogen (secondary N) is 1. The van der Waals surface area contributed by atoms with Gasteiger partial charge in [0.2, 0.25) is 5.91 Å². The summed E-state index contributed by atoms with van der Waals surface area (Å²) in [6, 6.07) is -0.848. The number of nitrogens with zero attached hydrogens (tertiary/aromatic N) is 1. The summed E-state index contributed by atoms with van der Waals surface area (Å²) in [4.78, 5) is 37.6. The van der Waals surface area contributed by atoms with Crippen molar-refractivity contribution in [2.24, 2.45) is 0 Å². The zero-order valence-electron chi connectivity index (χ0n) is 47.0. The zero-order valence-corrected chi connectivity index (χ0v) is 47.9. The largest absolute Gasteiger partial charge is 0.472 e. The van der Waals surface area contributed by atoms with Gasteiger partial charge in [-0.1, -0.05) is 250 Å². The summed E-state index contributed by atoms with van der Waals surface area (Å²) in [6.07, 6.45) is 59.9. The number of esters is 1. The Morgan fingerprint density at radius 3 is 1.29 bits per heavy atom. The number of likely N-dealkylation sites (N-methyl/N-ethyl adjacent to an activating group) is 1. The van der Waals surface area contributed by atoms with Gasteiger partial charge in [0.15, 0.2) is 0 Å². The lowest BCUT2D eigenvalue weighted by molar-refractivity contribution is -0.870. The smallest absolute Gasteiger partial charge is 0.456 e. The summed E-state index contributed by atoms with van der Waals surface area (Å²) in [6.45, 7) is 7.00. The SMILES string of the molecule is CCCCC/C=C/C=C/CCCCCCCCC(=O)OC(/C=C/CCCCCCCCCCCC)C(COP(=O)(O)OCC[N+](C)(C)C)NC(=O)CCCCCCCCCCCCCCCCCCC. The van der Waals surface area contributed by atoms with Gasteiger partial charge in [0.05, 0.1) is 33.8 Å². The first-order valence-corrected chi connectivity index (χ1v) is 31.3. The Labute approximate surface area is 434 Å². The van der Waals surface area contributed by atoms with Crippen molar-refractivity contribution in [2.75, 3.05) is 40.9 Å². The molecule has 0 rings (SSSR count). The fraction of sp³-hybridized carbons (Fsp3) is 0.867. The average molecular weight is 1010 g/mol. The van der Waals surface area contributed by atoms with Crippen molar-refractivity contribution in [2.45, 2.75) is 296 Å². The molecule has 0 aromatic carbocycles. The Hall–Kier alpha value is -1.77. The molecule has 0 saturated carbocycles. The topological polar surface area (TPSA) is 111 Å². The van der Waals surface area contributed by atoms with E-state index in [1.807, 2.05) is 33.3 Å². The van der Waals surface area contributed by atoms with Crippen LogP contribution in [0.25, 0.3) is 0 Å². The average Bonchev–Trinajstić information content (AvgIpc) is 3.32. The van der Waals surface area contributed by atoms with Crippen molar-refractivity contribution in [3.8, 4) is 0 Å². The second-order valence-electron chi connectivity index (χ2n) is 21.6. The van der Waals surface area contributed by atoms with Crippen molar-refractivity contribution >= 4 is 19.7 Å². The molecule has 0 spiro atoms. The Balaban J connectivity index is 5.30. The van der Waals surface area contributed by atoms with Crippen molar-refractivity contribution in [1.82, 2.24) is 5.32 Å². The van der Waals surface area contributed by atoms with Crippen LogP contribution in [-0.4, -0.2) is 74.3 Å². The second kappa shape index (κ2) is 50.7. The number of carbonyl (C=O) groups is 2. The fourth-order valence-corrected chi connectivity index (χ4v) is 9.43. The summed E-state index contributed by atoms with van der Waals surface area (Å²) < 4.78 is 30.6. The van der Waals surface area contributed by atoms with E-state index in [4.69, 9.17) is 13.8 Å². The predicted octanol–water partition coefficient (Wildman–Crippen LogP) is 17.9. The van der Waals surface area contributed by atoms with Crippen LogP contribution in [0.4, 0.5) is 0 Å².